The number of aryl methyl sites for hydroxylation is 1. The zero-order chi connectivity index (χ0) is 13.3. The summed E-state index contributed by atoms with van der Waals surface area (Å²) >= 11 is 1.52. The summed E-state index contributed by atoms with van der Waals surface area (Å²) in [5, 5.41) is 0. The van der Waals surface area contributed by atoms with E-state index in [1.807, 2.05) is 6.92 Å². The maximum atomic E-state index is 13.2. The lowest BCUT2D eigenvalue weighted by Gasteiger charge is -2.20. The van der Waals surface area contributed by atoms with E-state index in [4.69, 9.17) is 5.73 Å². The van der Waals surface area contributed by atoms with E-state index < -0.39 is 11.6 Å². The summed E-state index contributed by atoms with van der Waals surface area (Å²) < 4.78 is 26.2. The SMILES string of the molecule is Cc1ncsc1CN(C)c1cc(F)c(F)cc1N. The predicted molar refractivity (Wildman–Crippen MR) is 69.7 cm³/mol. The van der Waals surface area contributed by atoms with Crippen LogP contribution in [0.25, 0.3) is 0 Å². The lowest BCUT2D eigenvalue weighted by atomic mass is 10.2. The van der Waals surface area contributed by atoms with Crippen molar-refractivity contribution < 1.29 is 8.78 Å². The van der Waals surface area contributed by atoms with Crippen molar-refractivity contribution in [2.45, 2.75) is 13.5 Å². The number of aromatic nitrogens is 1. The molecule has 0 aliphatic heterocycles. The third kappa shape index (κ3) is 2.43. The molecule has 0 aliphatic rings. The zero-order valence-electron chi connectivity index (χ0n) is 10.1. The third-order valence-electron chi connectivity index (χ3n) is 2.71. The van der Waals surface area contributed by atoms with E-state index in [0.717, 1.165) is 22.7 Å². The highest BCUT2D eigenvalue weighted by atomic mass is 32.1. The number of halogens is 2. The Bertz CT molecular complexity index is 568. The van der Waals surface area contributed by atoms with E-state index in [9.17, 15) is 8.78 Å². The molecular weight excluding hydrogens is 256 g/mol. The normalized spacial score (nSPS) is 10.7. The molecule has 0 radical (unpaired) electrons. The molecule has 0 aliphatic carbocycles. The van der Waals surface area contributed by atoms with Gasteiger partial charge in [-0.05, 0) is 6.92 Å². The molecule has 1 aromatic heterocycles. The van der Waals surface area contributed by atoms with Gasteiger partial charge in [-0.2, -0.15) is 0 Å². The summed E-state index contributed by atoms with van der Waals surface area (Å²) in [7, 11) is 1.78. The summed E-state index contributed by atoms with van der Waals surface area (Å²) in [6.45, 7) is 2.47. The Balaban J connectivity index is 2.26. The average molecular weight is 269 g/mol. The van der Waals surface area contributed by atoms with Crippen LogP contribution in [0.5, 0.6) is 0 Å². The fourth-order valence-electron chi connectivity index (χ4n) is 1.66. The topological polar surface area (TPSA) is 42.2 Å². The molecule has 0 atom stereocenters. The van der Waals surface area contributed by atoms with Gasteiger partial charge in [0.25, 0.3) is 0 Å². The second-order valence-corrected chi connectivity index (χ2v) is 4.98. The molecule has 0 unspecified atom stereocenters. The summed E-state index contributed by atoms with van der Waals surface area (Å²) in [5.74, 6) is -1.83. The molecule has 1 aromatic carbocycles. The molecule has 0 spiro atoms. The van der Waals surface area contributed by atoms with Crippen molar-refractivity contribution in [1.29, 1.82) is 0 Å². The van der Waals surface area contributed by atoms with Crippen LogP contribution in [0, 0.1) is 18.6 Å². The molecule has 2 rings (SSSR count). The molecule has 6 heteroatoms. The van der Waals surface area contributed by atoms with Crippen molar-refractivity contribution >= 4 is 22.7 Å². The molecule has 2 aromatic rings. The first-order valence-corrected chi connectivity index (χ1v) is 6.21. The average Bonchev–Trinajstić information content (AvgIpc) is 2.69. The summed E-state index contributed by atoms with van der Waals surface area (Å²) in [6.07, 6.45) is 0. The number of hydrogen-bond donors (Lipinski definition) is 1. The molecule has 0 saturated carbocycles. The van der Waals surface area contributed by atoms with Crippen molar-refractivity contribution in [2.24, 2.45) is 0 Å². The first kappa shape index (κ1) is 12.8. The number of nitrogens with zero attached hydrogens (tertiary/aromatic N) is 2. The van der Waals surface area contributed by atoms with E-state index in [-0.39, 0.29) is 5.69 Å². The third-order valence-corrected chi connectivity index (χ3v) is 3.63. The largest absolute Gasteiger partial charge is 0.397 e. The Labute approximate surface area is 108 Å². The molecular formula is C12H13F2N3S. The van der Waals surface area contributed by atoms with Gasteiger partial charge in [0.2, 0.25) is 0 Å². The lowest BCUT2D eigenvalue weighted by Crippen LogP contribution is -2.18. The van der Waals surface area contributed by atoms with E-state index in [0.29, 0.717) is 12.2 Å². The van der Waals surface area contributed by atoms with Crippen LogP contribution in [-0.4, -0.2) is 12.0 Å². The highest BCUT2D eigenvalue weighted by molar-refractivity contribution is 7.09. The quantitative estimate of drug-likeness (QED) is 0.871. The Morgan fingerprint density at radius 1 is 1.33 bits per heavy atom. The number of thiazole rings is 1. The van der Waals surface area contributed by atoms with Crippen LogP contribution in [0.2, 0.25) is 0 Å². The van der Waals surface area contributed by atoms with Gasteiger partial charge in [0.1, 0.15) is 0 Å². The molecule has 0 saturated heterocycles. The number of hydrogen-bond acceptors (Lipinski definition) is 4. The van der Waals surface area contributed by atoms with Gasteiger partial charge < -0.3 is 10.6 Å². The molecule has 0 fully saturated rings. The van der Waals surface area contributed by atoms with E-state index >= 15 is 0 Å². The fraction of sp³-hybridized carbons (Fsp3) is 0.250. The second-order valence-electron chi connectivity index (χ2n) is 4.04. The Hall–Kier alpha value is -1.69. The number of nitrogen functional groups attached to an aromatic ring is 1. The van der Waals surface area contributed by atoms with Crippen molar-refractivity contribution in [2.75, 3.05) is 17.7 Å². The lowest BCUT2D eigenvalue weighted by molar-refractivity contribution is 0.509. The Kier molecular flexibility index (Phi) is 3.47. The van der Waals surface area contributed by atoms with E-state index in [1.165, 1.54) is 11.3 Å². The number of nitrogens with two attached hydrogens (primary N) is 1. The Morgan fingerprint density at radius 3 is 2.61 bits per heavy atom. The highest BCUT2D eigenvalue weighted by Gasteiger charge is 2.13. The van der Waals surface area contributed by atoms with Crippen LogP contribution in [0.15, 0.2) is 17.6 Å². The molecule has 3 nitrogen and oxygen atoms in total. The van der Waals surface area contributed by atoms with Crippen LogP contribution in [0.3, 0.4) is 0 Å². The van der Waals surface area contributed by atoms with Gasteiger partial charge in [-0.25, -0.2) is 13.8 Å². The van der Waals surface area contributed by atoms with Gasteiger partial charge in [0.15, 0.2) is 11.6 Å². The molecule has 96 valence electrons. The molecule has 2 N–H and O–H groups in total. The summed E-state index contributed by atoms with van der Waals surface area (Å²) in [4.78, 5) is 6.99. The highest BCUT2D eigenvalue weighted by Crippen LogP contribution is 2.27. The van der Waals surface area contributed by atoms with E-state index in [1.54, 1.807) is 17.5 Å². The summed E-state index contributed by atoms with van der Waals surface area (Å²) in [5.41, 5.74) is 9.09. The zero-order valence-corrected chi connectivity index (χ0v) is 10.9. The van der Waals surface area contributed by atoms with Gasteiger partial charge in [-0.3, -0.25) is 0 Å². The Morgan fingerprint density at radius 2 is 2.00 bits per heavy atom. The smallest absolute Gasteiger partial charge is 0.161 e. The molecule has 0 amide bonds. The number of anilines is 2. The minimum absolute atomic E-state index is 0.221. The molecule has 1 heterocycles. The van der Waals surface area contributed by atoms with Crippen LogP contribution in [0.1, 0.15) is 10.6 Å². The molecule has 18 heavy (non-hydrogen) atoms. The minimum Gasteiger partial charge on any atom is -0.397 e. The van der Waals surface area contributed by atoms with Crippen LogP contribution in [-0.2, 0) is 6.54 Å². The predicted octanol–water partition coefficient (Wildman–Crippen LogP) is 2.95. The van der Waals surface area contributed by atoms with Gasteiger partial charge >= 0.3 is 0 Å². The van der Waals surface area contributed by atoms with Crippen molar-refractivity contribution in [3.63, 3.8) is 0 Å². The van der Waals surface area contributed by atoms with Gasteiger partial charge in [-0.1, -0.05) is 0 Å². The standard InChI is InChI=1S/C12H13F2N3S/c1-7-12(18-6-16-7)5-17(2)11-4-9(14)8(13)3-10(11)15/h3-4,6H,5,15H2,1-2H3. The molecule has 0 bridgehead atoms. The van der Waals surface area contributed by atoms with Crippen molar-refractivity contribution in [3.8, 4) is 0 Å². The monoisotopic (exact) mass is 269 g/mol. The first-order valence-electron chi connectivity index (χ1n) is 5.33. The van der Waals surface area contributed by atoms with Gasteiger partial charge in [0.05, 0.1) is 29.1 Å². The summed E-state index contributed by atoms with van der Waals surface area (Å²) in [6, 6.07) is 2.11. The van der Waals surface area contributed by atoms with E-state index in [2.05, 4.69) is 4.98 Å². The minimum atomic E-state index is -0.932. The second kappa shape index (κ2) is 4.89. The number of rotatable bonds is 3. The van der Waals surface area contributed by atoms with Gasteiger partial charge in [-0.15, -0.1) is 11.3 Å². The number of benzene rings is 1. The van der Waals surface area contributed by atoms with Crippen LogP contribution < -0.4 is 10.6 Å². The van der Waals surface area contributed by atoms with Crippen LogP contribution in [0.4, 0.5) is 20.2 Å². The first-order chi connectivity index (χ1) is 8.49. The van der Waals surface area contributed by atoms with Crippen molar-refractivity contribution in [3.05, 3.63) is 39.8 Å². The van der Waals surface area contributed by atoms with Crippen LogP contribution >= 0.6 is 11.3 Å². The fourth-order valence-corrected chi connectivity index (χ4v) is 2.49. The maximum Gasteiger partial charge on any atom is 0.161 e. The maximum absolute atomic E-state index is 13.2. The van der Waals surface area contributed by atoms with Crippen molar-refractivity contribution in [1.82, 2.24) is 4.98 Å². The van der Waals surface area contributed by atoms with Gasteiger partial charge in [0, 0.05) is 24.1 Å².